The number of amides is 1. The van der Waals surface area contributed by atoms with Gasteiger partial charge in [0.25, 0.3) is 0 Å². The van der Waals surface area contributed by atoms with Crippen LogP contribution in [0.15, 0.2) is 59.5 Å². The summed E-state index contributed by atoms with van der Waals surface area (Å²) in [7, 11) is -2.22. The quantitative estimate of drug-likeness (QED) is 0.565. The molecule has 2 aliphatic rings. The van der Waals surface area contributed by atoms with Crippen molar-refractivity contribution in [1.82, 2.24) is 9.21 Å². The normalized spacial score (nSPS) is 21.7. The summed E-state index contributed by atoms with van der Waals surface area (Å²) in [5.74, 6) is 1.31. The molecular weight excluding hydrogens is 452 g/mol. The predicted molar refractivity (Wildman–Crippen MR) is 130 cm³/mol. The first kappa shape index (κ1) is 24.5. The van der Waals surface area contributed by atoms with Gasteiger partial charge in [-0.3, -0.25) is 4.79 Å². The number of ether oxygens (including phenoxy) is 2. The molecule has 0 N–H and O–H groups in total. The first-order chi connectivity index (χ1) is 16.4. The summed E-state index contributed by atoms with van der Waals surface area (Å²) in [4.78, 5) is 15.4. The monoisotopic (exact) mass is 486 g/mol. The van der Waals surface area contributed by atoms with Crippen LogP contribution in [0.1, 0.15) is 38.5 Å². The molecule has 2 aromatic carbocycles. The van der Waals surface area contributed by atoms with Crippen molar-refractivity contribution >= 4 is 15.9 Å². The van der Waals surface area contributed by atoms with Gasteiger partial charge in [0.05, 0.1) is 18.6 Å². The van der Waals surface area contributed by atoms with Crippen LogP contribution in [0.2, 0.25) is 0 Å². The lowest BCUT2D eigenvalue weighted by molar-refractivity contribution is -0.136. The molecule has 2 saturated heterocycles. The average molecular weight is 487 g/mol. The number of rotatable bonds is 8. The summed E-state index contributed by atoms with van der Waals surface area (Å²) in [5, 5.41) is 0. The molecule has 0 spiro atoms. The second kappa shape index (κ2) is 10.8. The summed E-state index contributed by atoms with van der Waals surface area (Å²) >= 11 is 0. The lowest BCUT2D eigenvalue weighted by Crippen LogP contribution is -2.51. The maximum atomic E-state index is 13.5. The van der Waals surface area contributed by atoms with Gasteiger partial charge in [0, 0.05) is 44.1 Å². The maximum Gasteiger partial charge on any atom is 0.243 e. The van der Waals surface area contributed by atoms with E-state index >= 15 is 0 Å². The molecule has 0 aliphatic carbocycles. The zero-order valence-electron chi connectivity index (χ0n) is 19.8. The van der Waals surface area contributed by atoms with E-state index in [-0.39, 0.29) is 23.8 Å². The van der Waals surface area contributed by atoms with Crippen LogP contribution in [0.4, 0.5) is 0 Å². The minimum absolute atomic E-state index is 0.0944. The van der Waals surface area contributed by atoms with Gasteiger partial charge in [0.2, 0.25) is 15.9 Å². The molecule has 184 valence electrons. The predicted octanol–water partition coefficient (Wildman–Crippen LogP) is 3.95. The van der Waals surface area contributed by atoms with Crippen LogP contribution in [0.5, 0.6) is 11.5 Å². The van der Waals surface area contributed by atoms with E-state index < -0.39 is 15.4 Å². The molecule has 7 nitrogen and oxygen atoms in total. The Kier molecular flexibility index (Phi) is 7.78. The number of methoxy groups -OCH3 is 1. The van der Waals surface area contributed by atoms with Crippen LogP contribution in [-0.4, -0.2) is 63.4 Å². The van der Waals surface area contributed by atoms with E-state index in [0.717, 1.165) is 44.5 Å². The van der Waals surface area contributed by atoms with Gasteiger partial charge in [-0.2, -0.15) is 4.31 Å². The van der Waals surface area contributed by atoms with Crippen LogP contribution in [-0.2, 0) is 14.8 Å². The first-order valence-corrected chi connectivity index (χ1v) is 13.5. The topological polar surface area (TPSA) is 76.1 Å². The fourth-order valence-electron chi connectivity index (χ4n) is 4.92. The van der Waals surface area contributed by atoms with Crippen molar-refractivity contribution in [3.05, 3.63) is 54.6 Å². The number of hydrogen-bond donors (Lipinski definition) is 0. The smallest absolute Gasteiger partial charge is 0.243 e. The molecule has 0 unspecified atom stereocenters. The molecule has 8 heteroatoms. The van der Waals surface area contributed by atoms with Crippen molar-refractivity contribution in [3.8, 4) is 11.5 Å². The minimum Gasteiger partial charge on any atom is -0.497 e. The highest BCUT2D eigenvalue weighted by Crippen LogP contribution is 2.38. The Morgan fingerprint density at radius 2 is 1.68 bits per heavy atom. The number of carbonyl (C=O) groups excluding carboxylic acids is 1. The fraction of sp³-hybridized carbons (Fsp3) is 0.500. The first-order valence-electron chi connectivity index (χ1n) is 12.0. The van der Waals surface area contributed by atoms with Gasteiger partial charge >= 0.3 is 0 Å². The number of piperidine rings is 2. The number of para-hydroxylation sites is 1. The van der Waals surface area contributed by atoms with Crippen molar-refractivity contribution in [2.45, 2.75) is 43.4 Å². The van der Waals surface area contributed by atoms with Crippen molar-refractivity contribution in [2.75, 3.05) is 39.9 Å². The molecule has 0 saturated carbocycles. The van der Waals surface area contributed by atoms with Crippen molar-refractivity contribution < 1.29 is 22.7 Å². The van der Waals surface area contributed by atoms with Gasteiger partial charge in [0.1, 0.15) is 11.5 Å². The molecule has 2 fully saturated rings. The Morgan fingerprint density at radius 3 is 2.41 bits per heavy atom. The van der Waals surface area contributed by atoms with E-state index in [4.69, 9.17) is 9.47 Å². The third-order valence-electron chi connectivity index (χ3n) is 6.83. The van der Waals surface area contributed by atoms with Gasteiger partial charge in [0.15, 0.2) is 0 Å². The van der Waals surface area contributed by atoms with Crippen LogP contribution < -0.4 is 9.47 Å². The van der Waals surface area contributed by atoms with Crippen LogP contribution >= 0.6 is 0 Å². The molecule has 0 bridgehead atoms. The van der Waals surface area contributed by atoms with Gasteiger partial charge in [-0.25, -0.2) is 8.42 Å². The van der Waals surface area contributed by atoms with Crippen LogP contribution in [0, 0.1) is 5.41 Å². The Bertz CT molecular complexity index is 1070. The second-order valence-electron chi connectivity index (χ2n) is 9.34. The molecular formula is C26H34N2O5S. The van der Waals surface area contributed by atoms with E-state index in [9.17, 15) is 13.2 Å². The Hall–Kier alpha value is -2.58. The Morgan fingerprint density at radius 1 is 0.941 bits per heavy atom. The zero-order chi connectivity index (χ0) is 24.0. The standard InChI is InChI=1S/C26H34N2O5S/c1-32-23-12-8-13-24(18-23)34(30,31)28-17-9-14-26(20-28,21-33-22-10-4-2-5-11-22)19-25(29)27-15-6-3-7-16-27/h2,4-5,8,10-13,18H,3,6-7,9,14-17,19-21H2,1H3/t26-/m1/s1. The highest BCUT2D eigenvalue weighted by molar-refractivity contribution is 7.89. The number of nitrogens with zero attached hydrogens (tertiary/aromatic N) is 2. The van der Waals surface area contributed by atoms with Gasteiger partial charge < -0.3 is 14.4 Å². The van der Waals surface area contributed by atoms with Gasteiger partial charge in [-0.1, -0.05) is 24.3 Å². The van der Waals surface area contributed by atoms with Gasteiger partial charge in [-0.15, -0.1) is 0 Å². The third kappa shape index (κ3) is 5.73. The molecule has 34 heavy (non-hydrogen) atoms. The minimum atomic E-state index is -3.74. The molecule has 1 amide bonds. The highest BCUT2D eigenvalue weighted by atomic mass is 32.2. The average Bonchev–Trinajstić information content (AvgIpc) is 2.89. The second-order valence-corrected chi connectivity index (χ2v) is 11.3. The lowest BCUT2D eigenvalue weighted by Gasteiger charge is -2.42. The van der Waals surface area contributed by atoms with E-state index in [1.165, 1.54) is 11.4 Å². The van der Waals surface area contributed by atoms with Crippen LogP contribution in [0.25, 0.3) is 0 Å². The number of likely N-dealkylation sites (tertiary alicyclic amines) is 1. The number of hydrogen-bond acceptors (Lipinski definition) is 5. The van der Waals surface area contributed by atoms with Gasteiger partial charge in [-0.05, 0) is 56.4 Å². The highest BCUT2D eigenvalue weighted by Gasteiger charge is 2.43. The Balaban J connectivity index is 1.58. The maximum absolute atomic E-state index is 13.5. The number of carbonyl (C=O) groups is 1. The van der Waals surface area contributed by atoms with E-state index in [0.29, 0.717) is 25.3 Å². The van der Waals surface area contributed by atoms with Crippen LogP contribution in [0.3, 0.4) is 0 Å². The molecule has 2 aliphatic heterocycles. The van der Waals surface area contributed by atoms with E-state index in [1.54, 1.807) is 24.3 Å². The lowest BCUT2D eigenvalue weighted by atomic mass is 9.78. The molecule has 0 aromatic heterocycles. The van der Waals surface area contributed by atoms with Crippen molar-refractivity contribution in [3.63, 3.8) is 0 Å². The van der Waals surface area contributed by atoms with E-state index in [2.05, 4.69) is 0 Å². The number of sulfonamides is 1. The summed E-state index contributed by atoms with van der Waals surface area (Å²) in [6.07, 6.45) is 4.89. The van der Waals surface area contributed by atoms with Crippen molar-refractivity contribution in [2.24, 2.45) is 5.41 Å². The fourth-order valence-corrected chi connectivity index (χ4v) is 6.55. The summed E-state index contributed by atoms with van der Waals surface area (Å²) in [5.41, 5.74) is -0.589. The third-order valence-corrected chi connectivity index (χ3v) is 8.67. The largest absolute Gasteiger partial charge is 0.497 e. The summed E-state index contributed by atoms with van der Waals surface area (Å²) in [6.45, 7) is 2.52. The summed E-state index contributed by atoms with van der Waals surface area (Å²) in [6, 6.07) is 16.0. The summed E-state index contributed by atoms with van der Waals surface area (Å²) < 4.78 is 40.0. The molecule has 1 atom stereocenters. The Labute approximate surface area is 202 Å². The number of benzene rings is 2. The SMILES string of the molecule is COc1cccc(S(=O)(=O)N2CCC[C@@](COc3ccccc3)(CC(=O)N3CCCCC3)C2)c1. The van der Waals surface area contributed by atoms with E-state index in [1.807, 2.05) is 35.2 Å². The zero-order valence-corrected chi connectivity index (χ0v) is 20.6. The molecule has 0 radical (unpaired) electrons. The molecule has 2 heterocycles. The van der Waals surface area contributed by atoms with Crippen molar-refractivity contribution in [1.29, 1.82) is 0 Å². The molecule has 4 rings (SSSR count). The molecule has 2 aromatic rings.